The van der Waals surface area contributed by atoms with Crippen molar-refractivity contribution >= 4 is 27.6 Å². The van der Waals surface area contributed by atoms with Gasteiger partial charge in [0, 0.05) is 17.6 Å². The summed E-state index contributed by atoms with van der Waals surface area (Å²) in [5, 5.41) is 2.71. The standard InChI is InChI=1S/C21H22N4O4S/c1-14-4-8-18(9-5-14)29-16(3)20(26)24-17-6-10-19(11-7-17)30(27,28)25-21-22-13-12-15(2)23-21/h4-13,16H,1-3H3,(H,24,26)(H,22,23,25). The number of carbonyl (C=O) groups excluding carboxylic acids is 1. The fraction of sp³-hybridized carbons (Fsp3) is 0.190. The summed E-state index contributed by atoms with van der Waals surface area (Å²) in [6.45, 7) is 5.34. The van der Waals surface area contributed by atoms with Gasteiger partial charge in [-0.1, -0.05) is 17.7 Å². The first-order chi connectivity index (χ1) is 14.2. The molecule has 2 aromatic carbocycles. The summed E-state index contributed by atoms with van der Waals surface area (Å²) in [5.74, 6) is 0.237. The van der Waals surface area contributed by atoms with Gasteiger partial charge in [-0.05, 0) is 63.2 Å². The molecule has 0 saturated carbocycles. The van der Waals surface area contributed by atoms with Crippen LogP contribution in [0.15, 0.2) is 65.7 Å². The lowest BCUT2D eigenvalue weighted by atomic mass is 10.2. The lowest BCUT2D eigenvalue weighted by molar-refractivity contribution is -0.122. The second-order valence-electron chi connectivity index (χ2n) is 6.71. The van der Waals surface area contributed by atoms with Gasteiger partial charge in [0.2, 0.25) is 5.95 Å². The molecule has 0 radical (unpaired) electrons. The minimum absolute atomic E-state index is 0.00513. The van der Waals surface area contributed by atoms with Gasteiger partial charge < -0.3 is 10.1 Å². The van der Waals surface area contributed by atoms with Crippen LogP contribution in [0.5, 0.6) is 5.75 Å². The molecule has 2 N–H and O–H groups in total. The fourth-order valence-corrected chi connectivity index (χ4v) is 3.46. The lowest BCUT2D eigenvalue weighted by Gasteiger charge is -2.15. The number of benzene rings is 2. The number of hydrogen-bond acceptors (Lipinski definition) is 6. The molecule has 1 amide bonds. The highest BCUT2D eigenvalue weighted by molar-refractivity contribution is 7.92. The molecule has 0 bridgehead atoms. The maximum Gasteiger partial charge on any atom is 0.265 e. The average Bonchev–Trinajstić information content (AvgIpc) is 2.70. The van der Waals surface area contributed by atoms with Crippen molar-refractivity contribution in [2.45, 2.75) is 31.8 Å². The van der Waals surface area contributed by atoms with E-state index in [0.29, 0.717) is 17.1 Å². The minimum Gasteiger partial charge on any atom is -0.481 e. The van der Waals surface area contributed by atoms with Crippen molar-refractivity contribution < 1.29 is 17.9 Å². The zero-order valence-corrected chi connectivity index (χ0v) is 17.6. The first-order valence-corrected chi connectivity index (χ1v) is 10.7. The fourth-order valence-electron chi connectivity index (χ4n) is 2.51. The molecule has 0 spiro atoms. The number of sulfonamides is 1. The van der Waals surface area contributed by atoms with Crippen LogP contribution in [0.3, 0.4) is 0 Å². The molecule has 156 valence electrons. The highest BCUT2D eigenvalue weighted by atomic mass is 32.2. The maximum absolute atomic E-state index is 12.5. The number of hydrogen-bond donors (Lipinski definition) is 2. The van der Waals surface area contributed by atoms with Crippen LogP contribution in [0, 0.1) is 13.8 Å². The second-order valence-corrected chi connectivity index (χ2v) is 8.40. The third-order valence-electron chi connectivity index (χ3n) is 4.16. The third kappa shape index (κ3) is 5.54. The molecule has 1 heterocycles. The van der Waals surface area contributed by atoms with Gasteiger partial charge in [0.25, 0.3) is 15.9 Å². The van der Waals surface area contributed by atoms with E-state index in [-0.39, 0.29) is 16.8 Å². The SMILES string of the molecule is Cc1ccc(OC(C)C(=O)Nc2ccc(S(=O)(=O)Nc3nccc(C)n3)cc2)cc1. The van der Waals surface area contributed by atoms with Crippen LogP contribution in [0.4, 0.5) is 11.6 Å². The Morgan fingerprint density at radius 2 is 1.67 bits per heavy atom. The van der Waals surface area contributed by atoms with E-state index in [9.17, 15) is 13.2 Å². The number of carbonyl (C=O) groups is 1. The summed E-state index contributed by atoms with van der Waals surface area (Å²) < 4.78 is 32.9. The van der Waals surface area contributed by atoms with Crippen LogP contribution >= 0.6 is 0 Å². The molecular weight excluding hydrogens is 404 g/mol. The van der Waals surface area contributed by atoms with E-state index in [1.807, 2.05) is 19.1 Å². The number of rotatable bonds is 7. The molecule has 1 unspecified atom stereocenters. The van der Waals surface area contributed by atoms with Crippen LogP contribution in [0.2, 0.25) is 0 Å². The molecule has 0 aliphatic carbocycles. The molecular formula is C21H22N4O4S. The van der Waals surface area contributed by atoms with Crippen LogP contribution in [0.25, 0.3) is 0 Å². The van der Waals surface area contributed by atoms with E-state index in [1.54, 1.807) is 32.0 Å². The van der Waals surface area contributed by atoms with Crippen LogP contribution < -0.4 is 14.8 Å². The Morgan fingerprint density at radius 1 is 1.00 bits per heavy atom. The molecule has 9 heteroatoms. The molecule has 3 aromatic rings. The van der Waals surface area contributed by atoms with Crippen LogP contribution in [0.1, 0.15) is 18.2 Å². The van der Waals surface area contributed by atoms with Gasteiger partial charge in [-0.3, -0.25) is 4.79 Å². The van der Waals surface area contributed by atoms with E-state index in [2.05, 4.69) is 20.0 Å². The largest absolute Gasteiger partial charge is 0.481 e. The van der Waals surface area contributed by atoms with E-state index in [4.69, 9.17) is 4.74 Å². The monoisotopic (exact) mass is 426 g/mol. The van der Waals surface area contributed by atoms with E-state index in [0.717, 1.165) is 5.56 Å². The summed E-state index contributed by atoms with van der Waals surface area (Å²) in [6, 6.07) is 14.8. The summed E-state index contributed by atoms with van der Waals surface area (Å²) in [5.41, 5.74) is 2.19. The summed E-state index contributed by atoms with van der Waals surface area (Å²) in [6.07, 6.45) is 0.745. The van der Waals surface area contributed by atoms with E-state index >= 15 is 0 Å². The summed E-state index contributed by atoms with van der Waals surface area (Å²) >= 11 is 0. The Morgan fingerprint density at radius 3 is 2.30 bits per heavy atom. The molecule has 3 rings (SSSR count). The molecule has 8 nitrogen and oxygen atoms in total. The van der Waals surface area contributed by atoms with Gasteiger partial charge >= 0.3 is 0 Å². The van der Waals surface area contributed by atoms with Crippen LogP contribution in [-0.2, 0) is 14.8 Å². The van der Waals surface area contributed by atoms with Gasteiger partial charge in [0.15, 0.2) is 6.10 Å². The molecule has 0 saturated heterocycles. The van der Waals surface area contributed by atoms with Crippen molar-refractivity contribution in [2.75, 3.05) is 10.0 Å². The molecule has 1 aromatic heterocycles. The van der Waals surface area contributed by atoms with Crippen molar-refractivity contribution in [3.8, 4) is 5.75 Å². The predicted molar refractivity (Wildman–Crippen MR) is 114 cm³/mol. The highest BCUT2D eigenvalue weighted by Crippen LogP contribution is 2.18. The minimum atomic E-state index is -3.85. The van der Waals surface area contributed by atoms with Crippen molar-refractivity contribution in [3.05, 3.63) is 72.1 Å². The van der Waals surface area contributed by atoms with Crippen molar-refractivity contribution in [3.63, 3.8) is 0 Å². The van der Waals surface area contributed by atoms with Gasteiger partial charge in [0.1, 0.15) is 5.75 Å². The van der Waals surface area contributed by atoms with Gasteiger partial charge in [-0.15, -0.1) is 0 Å². The number of amides is 1. The normalized spacial score (nSPS) is 12.1. The van der Waals surface area contributed by atoms with Crippen molar-refractivity contribution in [1.82, 2.24) is 9.97 Å². The quantitative estimate of drug-likeness (QED) is 0.600. The topological polar surface area (TPSA) is 110 Å². The number of ether oxygens (including phenoxy) is 1. The first-order valence-electron chi connectivity index (χ1n) is 9.20. The third-order valence-corrected chi connectivity index (χ3v) is 5.50. The zero-order chi connectivity index (χ0) is 21.7. The highest BCUT2D eigenvalue weighted by Gasteiger charge is 2.18. The smallest absolute Gasteiger partial charge is 0.265 e. The second kappa shape index (κ2) is 8.91. The molecule has 1 atom stereocenters. The van der Waals surface area contributed by atoms with Crippen molar-refractivity contribution in [1.29, 1.82) is 0 Å². The Bertz CT molecular complexity index is 1130. The number of nitrogens with one attached hydrogen (secondary N) is 2. The molecule has 30 heavy (non-hydrogen) atoms. The van der Waals surface area contributed by atoms with E-state index < -0.39 is 16.1 Å². The lowest BCUT2D eigenvalue weighted by Crippen LogP contribution is -2.30. The molecule has 0 aliphatic rings. The Balaban J connectivity index is 1.63. The average molecular weight is 426 g/mol. The van der Waals surface area contributed by atoms with Gasteiger partial charge in [-0.25, -0.2) is 23.1 Å². The predicted octanol–water partition coefficient (Wildman–Crippen LogP) is 3.30. The number of aryl methyl sites for hydroxylation is 2. The van der Waals surface area contributed by atoms with Crippen LogP contribution in [-0.4, -0.2) is 30.4 Å². The van der Waals surface area contributed by atoms with Gasteiger partial charge in [-0.2, -0.15) is 0 Å². The molecule has 0 aliphatic heterocycles. The Kier molecular flexibility index (Phi) is 6.31. The number of nitrogens with zero attached hydrogens (tertiary/aromatic N) is 2. The summed E-state index contributed by atoms with van der Waals surface area (Å²) in [4.78, 5) is 20.3. The number of aromatic nitrogens is 2. The van der Waals surface area contributed by atoms with Crippen molar-refractivity contribution in [2.24, 2.45) is 0 Å². The first kappa shape index (κ1) is 21.3. The van der Waals surface area contributed by atoms with E-state index in [1.165, 1.54) is 30.5 Å². The van der Waals surface area contributed by atoms with Gasteiger partial charge in [0.05, 0.1) is 4.90 Å². The Hall–Kier alpha value is -3.46. The number of anilines is 2. The zero-order valence-electron chi connectivity index (χ0n) is 16.8. The summed E-state index contributed by atoms with van der Waals surface area (Å²) in [7, 11) is -3.85. The maximum atomic E-state index is 12.5. The Labute approximate surface area is 175 Å². The molecule has 0 fully saturated rings.